The van der Waals surface area contributed by atoms with E-state index in [9.17, 15) is 0 Å². The molecule has 8 heteroatoms. The Morgan fingerprint density at radius 3 is 2.68 bits per heavy atom. The van der Waals surface area contributed by atoms with Crippen molar-refractivity contribution in [2.45, 2.75) is 32.7 Å². The van der Waals surface area contributed by atoms with Gasteiger partial charge in [-0.15, -0.1) is 24.0 Å². The summed E-state index contributed by atoms with van der Waals surface area (Å²) in [6, 6.07) is 8.18. The van der Waals surface area contributed by atoms with Gasteiger partial charge in [0.05, 0.1) is 6.61 Å². The predicted molar refractivity (Wildman–Crippen MR) is 109 cm³/mol. The normalized spacial score (nSPS) is 12.5. The number of nitrogens with one attached hydrogen (secondary N) is 1. The van der Waals surface area contributed by atoms with Crippen molar-refractivity contribution in [3.05, 3.63) is 35.7 Å². The fraction of sp³-hybridized carbons (Fsp3) is 0.471. The second-order valence-electron chi connectivity index (χ2n) is 5.58. The number of aromatic nitrogens is 2. The van der Waals surface area contributed by atoms with E-state index in [1.54, 1.807) is 7.11 Å². The summed E-state index contributed by atoms with van der Waals surface area (Å²) in [6.07, 6.45) is 1.57. The number of methoxy groups -OCH3 is 1. The van der Waals surface area contributed by atoms with Crippen LogP contribution in [0.5, 0.6) is 0 Å². The van der Waals surface area contributed by atoms with Crippen LogP contribution >= 0.6 is 24.0 Å². The molecule has 0 amide bonds. The van der Waals surface area contributed by atoms with Gasteiger partial charge in [-0.05, 0) is 31.0 Å². The van der Waals surface area contributed by atoms with Crippen molar-refractivity contribution in [3.63, 3.8) is 0 Å². The SMILES string of the molecule is CCc1noc(-c2ccc(CCN=C(N)NC(C)COC)cc2)n1.I. The minimum atomic E-state index is 0. The highest BCUT2D eigenvalue weighted by Crippen LogP contribution is 2.18. The van der Waals surface area contributed by atoms with E-state index in [-0.39, 0.29) is 30.0 Å². The average Bonchev–Trinajstić information content (AvgIpc) is 3.04. The Labute approximate surface area is 165 Å². The van der Waals surface area contributed by atoms with Crippen molar-refractivity contribution in [2.75, 3.05) is 20.3 Å². The molecule has 0 aliphatic rings. The van der Waals surface area contributed by atoms with E-state index in [4.69, 9.17) is 15.0 Å². The molecule has 1 unspecified atom stereocenters. The van der Waals surface area contributed by atoms with Gasteiger partial charge in [0, 0.05) is 31.7 Å². The van der Waals surface area contributed by atoms with Crippen LogP contribution in [0.2, 0.25) is 0 Å². The number of nitrogens with zero attached hydrogens (tertiary/aromatic N) is 3. The molecule has 7 nitrogen and oxygen atoms in total. The quantitative estimate of drug-likeness (QED) is 0.358. The van der Waals surface area contributed by atoms with Crippen LogP contribution in [0, 0.1) is 0 Å². The van der Waals surface area contributed by atoms with Crippen molar-refractivity contribution in [3.8, 4) is 11.5 Å². The Morgan fingerprint density at radius 2 is 2.08 bits per heavy atom. The Balaban J connectivity index is 0.00000312. The van der Waals surface area contributed by atoms with Gasteiger partial charge in [0.2, 0.25) is 0 Å². The number of nitrogens with two attached hydrogens (primary N) is 1. The lowest BCUT2D eigenvalue weighted by Gasteiger charge is -2.12. The summed E-state index contributed by atoms with van der Waals surface area (Å²) in [7, 11) is 1.66. The number of rotatable bonds is 8. The number of halogens is 1. The number of ether oxygens (including phenoxy) is 1. The zero-order valence-electron chi connectivity index (χ0n) is 14.9. The van der Waals surface area contributed by atoms with E-state index in [0.29, 0.717) is 30.8 Å². The lowest BCUT2D eigenvalue weighted by atomic mass is 10.1. The monoisotopic (exact) mass is 459 g/mol. The standard InChI is InChI=1S/C17H25N5O2.HI/c1-4-15-21-16(24-22-15)14-7-5-13(6-8-14)9-10-19-17(18)20-12(2)11-23-3;/h5-8,12H,4,9-11H2,1-3H3,(H3,18,19,20);1H. The Morgan fingerprint density at radius 1 is 1.36 bits per heavy atom. The van der Waals surface area contributed by atoms with Crippen molar-refractivity contribution in [2.24, 2.45) is 10.7 Å². The molecule has 0 fully saturated rings. The van der Waals surface area contributed by atoms with Crippen molar-refractivity contribution >= 4 is 29.9 Å². The van der Waals surface area contributed by atoms with Gasteiger partial charge in [-0.25, -0.2) is 0 Å². The van der Waals surface area contributed by atoms with Crippen molar-refractivity contribution in [1.82, 2.24) is 15.5 Å². The minimum absolute atomic E-state index is 0. The summed E-state index contributed by atoms with van der Waals surface area (Å²) in [4.78, 5) is 8.65. The molecule has 3 N–H and O–H groups in total. The third-order valence-electron chi connectivity index (χ3n) is 3.48. The maximum Gasteiger partial charge on any atom is 0.257 e. The topological polar surface area (TPSA) is 98.6 Å². The van der Waals surface area contributed by atoms with Gasteiger partial charge < -0.3 is 20.3 Å². The van der Waals surface area contributed by atoms with E-state index in [1.807, 2.05) is 38.1 Å². The predicted octanol–water partition coefficient (Wildman–Crippen LogP) is 2.40. The fourth-order valence-corrected chi connectivity index (χ4v) is 2.22. The van der Waals surface area contributed by atoms with Gasteiger partial charge in [-0.2, -0.15) is 4.98 Å². The van der Waals surface area contributed by atoms with E-state index >= 15 is 0 Å². The summed E-state index contributed by atoms with van der Waals surface area (Å²) in [5.74, 6) is 1.71. The van der Waals surface area contributed by atoms with Crippen LogP contribution in [0.15, 0.2) is 33.8 Å². The Hall–Kier alpha value is -1.68. The molecule has 138 valence electrons. The van der Waals surface area contributed by atoms with Gasteiger partial charge in [0.25, 0.3) is 5.89 Å². The van der Waals surface area contributed by atoms with Crippen LogP contribution in [0.3, 0.4) is 0 Å². The summed E-state index contributed by atoms with van der Waals surface area (Å²) in [5.41, 5.74) is 7.94. The first-order chi connectivity index (χ1) is 11.6. The molecule has 1 atom stereocenters. The second kappa shape index (κ2) is 11.0. The molecule has 2 rings (SSSR count). The molecule has 0 bridgehead atoms. The highest BCUT2D eigenvalue weighted by atomic mass is 127. The number of aryl methyl sites for hydroxylation is 1. The fourth-order valence-electron chi connectivity index (χ4n) is 2.22. The summed E-state index contributed by atoms with van der Waals surface area (Å²) in [5, 5.41) is 6.99. The lowest BCUT2D eigenvalue weighted by Crippen LogP contribution is -2.40. The highest BCUT2D eigenvalue weighted by Gasteiger charge is 2.07. The largest absolute Gasteiger partial charge is 0.383 e. The van der Waals surface area contributed by atoms with E-state index in [1.165, 1.54) is 5.56 Å². The van der Waals surface area contributed by atoms with Crippen LogP contribution in [-0.4, -0.2) is 42.4 Å². The molecule has 0 radical (unpaired) electrons. The first-order valence-electron chi connectivity index (χ1n) is 8.09. The molecule has 2 aromatic rings. The Kier molecular flexibility index (Phi) is 9.43. The van der Waals surface area contributed by atoms with E-state index < -0.39 is 0 Å². The van der Waals surface area contributed by atoms with E-state index in [2.05, 4.69) is 20.4 Å². The van der Waals surface area contributed by atoms with Gasteiger partial charge in [-0.3, -0.25) is 4.99 Å². The van der Waals surface area contributed by atoms with Crippen LogP contribution in [-0.2, 0) is 17.6 Å². The molecular formula is C17H26IN5O2. The number of guanidine groups is 1. The van der Waals surface area contributed by atoms with Crippen LogP contribution < -0.4 is 11.1 Å². The summed E-state index contributed by atoms with van der Waals surface area (Å²) >= 11 is 0. The maximum absolute atomic E-state index is 5.84. The maximum atomic E-state index is 5.84. The van der Waals surface area contributed by atoms with Crippen molar-refractivity contribution in [1.29, 1.82) is 0 Å². The Bertz CT molecular complexity index is 657. The van der Waals surface area contributed by atoms with Crippen LogP contribution in [0.4, 0.5) is 0 Å². The zero-order valence-corrected chi connectivity index (χ0v) is 17.2. The first kappa shape index (κ1) is 21.4. The zero-order chi connectivity index (χ0) is 17.4. The number of aliphatic imine (C=N–C) groups is 1. The number of hydrogen-bond donors (Lipinski definition) is 2. The molecule has 1 aromatic carbocycles. The molecule has 1 aromatic heterocycles. The molecule has 0 aliphatic carbocycles. The second-order valence-corrected chi connectivity index (χ2v) is 5.58. The molecule has 1 heterocycles. The molecule has 0 aliphatic heterocycles. The van der Waals surface area contributed by atoms with Gasteiger partial charge in [-0.1, -0.05) is 24.2 Å². The van der Waals surface area contributed by atoms with Gasteiger partial charge in [0.15, 0.2) is 11.8 Å². The molecule has 25 heavy (non-hydrogen) atoms. The lowest BCUT2D eigenvalue weighted by molar-refractivity contribution is 0.179. The molecular weight excluding hydrogens is 433 g/mol. The van der Waals surface area contributed by atoms with Gasteiger partial charge >= 0.3 is 0 Å². The van der Waals surface area contributed by atoms with Gasteiger partial charge in [0.1, 0.15) is 0 Å². The van der Waals surface area contributed by atoms with Crippen LogP contribution in [0.1, 0.15) is 25.2 Å². The third kappa shape index (κ3) is 6.99. The average molecular weight is 459 g/mol. The third-order valence-corrected chi connectivity index (χ3v) is 3.48. The smallest absolute Gasteiger partial charge is 0.257 e. The molecule has 0 saturated heterocycles. The first-order valence-corrected chi connectivity index (χ1v) is 8.09. The molecule has 0 spiro atoms. The summed E-state index contributed by atoms with van der Waals surface area (Å²) < 4.78 is 10.3. The van der Waals surface area contributed by atoms with E-state index in [0.717, 1.165) is 18.4 Å². The summed E-state index contributed by atoms with van der Waals surface area (Å²) in [6.45, 7) is 5.20. The highest BCUT2D eigenvalue weighted by molar-refractivity contribution is 14.0. The number of hydrogen-bond acceptors (Lipinski definition) is 5. The van der Waals surface area contributed by atoms with Crippen molar-refractivity contribution < 1.29 is 9.26 Å². The minimum Gasteiger partial charge on any atom is -0.383 e. The molecule has 0 saturated carbocycles. The van der Waals surface area contributed by atoms with Crippen LogP contribution in [0.25, 0.3) is 11.5 Å². The number of benzene rings is 1.